The van der Waals surface area contributed by atoms with Gasteiger partial charge in [-0.3, -0.25) is 0 Å². The van der Waals surface area contributed by atoms with Crippen molar-refractivity contribution in [2.24, 2.45) is 0 Å². The number of halogens is 2. The van der Waals surface area contributed by atoms with Crippen LogP contribution in [0.1, 0.15) is 36.4 Å². The van der Waals surface area contributed by atoms with Crippen molar-refractivity contribution in [1.82, 2.24) is 5.32 Å². The average Bonchev–Trinajstić information content (AvgIpc) is 2.76. The second-order valence-corrected chi connectivity index (χ2v) is 6.63. The van der Waals surface area contributed by atoms with Crippen molar-refractivity contribution in [1.29, 1.82) is 0 Å². The summed E-state index contributed by atoms with van der Waals surface area (Å²) in [5.74, 6) is 0. The molecule has 1 aromatic heterocycles. The Kier molecular flexibility index (Phi) is 4.84. The first-order valence-electron chi connectivity index (χ1n) is 5.81. The van der Waals surface area contributed by atoms with Crippen molar-refractivity contribution in [2.75, 3.05) is 0 Å². The second kappa shape index (κ2) is 6.20. The standard InChI is InChI=1S/C14H15BrClNS/c1-9(11-4-3-5-13(16)6-11)17-10(2)14-7-12(15)8-18-14/h3-10,17H,1-2H3/t9-,10?/m1/s1. The summed E-state index contributed by atoms with van der Waals surface area (Å²) in [6.07, 6.45) is 0. The summed E-state index contributed by atoms with van der Waals surface area (Å²) in [4.78, 5) is 1.33. The van der Waals surface area contributed by atoms with Gasteiger partial charge >= 0.3 is 0 Å². The van der Waals surface area contributed by atoms with Gasteiger partial charge in [0, 0.05) is 31.8 Å². The van der Waals surface area contributed by atoms with Crippen molar-refractivity contribution in [3.8, 4) is 0 Å². The third-order valence-electron chi connectivity index (χ3n) is 2.86. The minimum atomic E-state index is 0.277. The van der Waals surface area contributed by atoms with Crippen molar-refractivity contribution in [3.63, 3.8) is 0 Å². The molecule has 0 aliphatic carbocycles. The fourth-order valence-electron chi connectivity index (χ4n) is 1.88. The maximum absolute atomic E-state index is 6.01. The Hall–Kier alpha value is -0.350. The summed E-state index contributed by atoms with van der Waals surface area (Å²) < 4.78 is 1.14. The summed E-state index contributed by atoms with van der Waals surface area (Å²) in [5.41, 5.74) is 1.21. The molecule has 1 N–H and O–H groups in total. The molecule has 0 saturated carbocycles. The molecule has 0 fully saturated rings. The van der Waals surface area contributed by atoms with E-state index in [0.29, 0.717) is 6.04 Å². The first kappa shape index (κ1) is 14.1. The van der Waals surface area contributed by atoms with Gasteiger partial charge in [-0.2, -0.15) is 0 Å². The number of thiophene rings is 1. The molecule has 1 nitrogen and oxygen atoms in total. The first-order chi connectivity index (χ1) is 8.56. The van der Waals surface area contributed by atoms with E-state index >= 15 is 0 Å². The van der Waals surface area contributed by atoms with Crippen LogP contribution < -0.4 is 5.32 Å². The molecule has 96 valence electrons. The van der Waals surface area contributed by atoms with Gasteiger partial charge < -0.3 is 5.32 Å². The fraction of sp³-hybridized carbons (Fsp3) is 0.286. The van der Waals surface area contributed by atoms with Crippen LogP contribution in [0.4, 0.5) is 0 Å². The van der Waals surface area contributed by atoms with Gasteiger partial charge in [0.25, 0.3) is 0 Å². The zero-order valence-electron chi connectivity index (χ0n) is 10.3. The number of benzene rings is 1. The molecule has 0 radical (unpaired) electrons. The number of nitrogens with one attached hydrogen (secondary N) is 1. The predicted octanol–water partition coefficient (Wildman–Crippen LogP) is 5.58. The highest BCUT2D eigenvalue weighted by Crippen LogP contribution is 2.27. The Balaban J connectivity index is 2.05. The van der Waals surface area contributed by atoms with E-state index in [4.69, 9.17) is 11.6 Å². The van der Waals surface area contributed by atoms with E-state index in [0.717, 1.165) is 9.50 Å². The highest BCUT2D eigenvalue weighted by Gasteiger charge is 2.12. The molecule has 2 atom stereocenters. The van der Waals surface area contributed by atoms with E-state index in [9.17, 15) is 0 Å². The molecule has 1 aromatic carbocycles. The topological polar surface area (TPSA) is 12.0 Å². The van der Waals surface area contributed by atoms with E-state index in [1.165, 1.54) is 10.4 Å². The molecule has 0 spiro atoms. The molecule has 2 rings (SSSR count). The summed E-state index contributed by atoms with van der Waals surface area (Å²) in [5, 5.41) is 6.48. The van der Waals surface area contributed by atoms with Crippen LogP contribution in [0.2, 0.25) is 5.02 Å². The van der Waals surface area contributed by atoms with Gasteiger partial charge in [0.1, 0.15) is 0 Å². The lowest BCUT2D eigenvalue weighted by Crippen LogP contribution is -2.21. The van der Waals surface area contributed by atoms with Crippen LogP contribution in [0.25, 0.3) is 0 Å². The largest absolute Gasteiger partial charge is 0.303 e. The molecule has 0 bridgehead atoms. The Bertz CT molecular complexity index is 526. The number of hydrogen-bond donors (Lipinski definition) is 1. The Morgan fingerprint density at radius 1 is 1.22 bits per heavy atom. The van der Waals surface area contributed by atoms with Crippen LogP contribution >= 0.6 is 38.9 Å². The number of rotatable bonds is 4. The zero-order chi connectivity index (χ0) is 13.1. The zero-order valence-corrected chi connectivity index (χ0v) is 13.4. The van der Waals surface area contributed by atoms with Crippen molar-refractivity contribution < 1.29 is 0 Å². The highest BCUT2D eigenvalue weighted by atomic mass is 79.9. The molecule has 0 amide bonds. The third-order valence-corrected chi connectivity index (χ3v) is 4.97. The van der Waals surface area contributed by atoms with Gasteiger partial charge in [0.15, 0.2) is 0 Å². The molecule has 1 heterocycles. The van der Waals surface area contributed by atoms with Crippen LogP contribution in [-0.2, 0) is 0 Å². The van der Waals surface area contributed by atoms with Gasteiger partial charge in [-0.15, -0.1) is 11.3 Å². The van der Waals surface area contributed by atoms with Gasteiger partial charge in [-0.1, -0.05) is 23.7 Å². The second-order valence-electron chi connectivity index (χ2n) is 4.33. The van der Waals surface area contributed by atoms with E-state index in [2.05, 4.69) is 52.6 Å². The van der Waals surface area contributed by atoms with E-state index in [-0.39, 0.29) is 6.04 Å². The Morgan fingerprint density at radius 3 is 2.61 bits per heavy atom. The van der Waals surface area contributed by atoms with E-state index in [1.807, 2.05) is 18.2 Å². The highest BCUT2D eigenvalue weighted by molar-refractivity contribution is 9.10. The molecule has 4 heteroatoms. The van der Waals surface area contributed by atoms with Gasteiger partial charge in [0.2, 0.25) is 0 Å². The molecule has 2 aromatic rings. The van der Waals surface area contributed by atoms with Gasteiger partial charge in [-0.25, -0.2) is 0 Å². The summed E-state index contributed by atoms with van der Waals surface area (Å²) >= 11 is 11.3. The molecule has 0 saturated heterocycles. The minimum Gasteiger partial charge on any atom is -0.303 e. The minimum absolute atomic E-state index is 0.277. The molecule has 0 aliphatic heterocycles. The first-order valence-corrected chi connectivity index (χ1v) is 7.87. The smallest absolute Gasteiger partial charge is 0.0409 e. The van der Waals surface area contributed by atoms with Gasteiger partial charge in [-0.05, 0) is 53.5 Å². The lowest BCUT2D eigenvalue weighted by Gasteiger charge is -2.19. The average molecular weight is 345 g/mol. The van der Waals surface area contributed by atoms with Crippen molar-refractivity contribution in [3.05, 3.63) is 55.6 Å². The van der Waals surface area contributed by atoms with Gasteiger partial charge in [0.05, 0.1) is 0 Å². The lowest BCUT2D eigenvalue weighted by molar-refractivity contribution is 0.500. The summed E-state index contributed by atoms with van der Waals surface area (Å²) in [6, 6.07) is 10.8. The van der Waals surface area contributed by atoms with Crippen LogP contribution in [0.3, 0.4) is 0 Å². The maximum atomic E-state index is 6.01. The summed E-state index contributed by atoms with van der Waals surface area (Å²) in [6.45, 7) is 4.34. The Labute approximate surface area is 125 Å². The van der Waals surface area contributed by atoms with Crippen LogP contribution in [0.15, 0.2) is 40.2 Å². The Morgan fingerprint density at radius 2 is 2.00 bits per heavy atom. The van der Waals surface area contributed by atoms with Crippen LogP contribution in [-0.4, -0.2) is 0 Å². The van der Waals surface area contributed by atoms with Crippen LogP contribution in [0.5, 0.6) is 0 Å². The molecule has 1 unspecified atom stereocenters. The molecular weight excluding hydrogens is 330 g/mol. The molecular formula is C14H15BrClNS. The van der Waals surface area contributed by atoms with Crippen molar-refractivity contribution in [2.45, 2.75) is 25.9 Å². The summed E-state index contributed by atoms with van der Waals surface area (Å²) in [7, 11) is 0. The predicted molar refractivity (Wildman–Crippen MR) is 83.4 cm³/mol. The quantitative estimate of drug-likeness (QED) is 0.764. The normalized spacial score (nSPS) is 14.4. The lowest BCUT2D eigenvalue weighted by atomic mass is 10.1. The van der Waals surface area contributed by atoms with E-state index in [1.54, 1.807) is 11.3 Å². The molecule has 0 aliphatic rings. The molecule has 18 heavy (non-hydrogen) atoms. The van der Waals surface area contributed by atoms with Crippen LogP contribution in [0, 0.1) is 0 Å². The number of hydrogen-bond acceptors (Lipinski definition) is 2. The fourth-order valence-corrected chi connectivity index (χ4v) is 3.55. The third kappa shape index (κ3) is 3.58. The monoisotopic (exact) mass is 343 g/mol. The van der Waals surface area contributed by atoms with Crippen molar-refractivity contribution >= 4 is 38.9 Å². The van der Waals surface area contributed by atoms with E-state index < -0.39 is 0 Å². The maximum Gasteiger partial charge on any atom is 0.0409 e. The SMILES string of the molecule is CC(N[C@H](C)c1cccc(Cl)c1)c1cc(Br)cs1.